The maximum absolute atomic E-state index is 14.6. The summed E-state index contributed by atoms with van der Waals surface area (Å²) in [5.74, 6) is -5.11. The Balaban J connectivity index is 1.57. The van der Waals surface area contributed by atoms with E-state index in [9.17, 15) is 31.1 Å². The predicted molar refractivity (Wildman–Crippen MR) is 101 cm³/mol. The van der Waals surface area contributed by atoms with Crippen LogP contribution in [-0.4, -0.2) is 60.8 Å². The van der Waals surface area contributed by atoms with Gasteiger partial charge in [-0.2, -0.15) is 28.2 Å². The fourth-order valence-electron chi connectivity index (χ4n) is 3.44. The number of benzene rings is 1. The summed E-state index contributed by atoms with van der Waals surface area (Å²) in [6.07, 6.45) is -1.45. The fraction of sp³-hybridized carbons (Fsp3) is 0.316. The molecule has 1 aliphatic heterocycles. The van der Waals surface area contributed by atoms with Crippen LogP contribution < -0.4 is 5.32 Å². The zero-order valence-electron chi connectivity index (χ0n) is 16.6. The number of halogens is 6. The number of nitrogens with one attached hydrogen (secondary N) is 1. The van der Waals surface area contributed by atoms with Crippen LogP contribution in [0.5, 0.6) is 0 Å². The maximum atomic E-state index is 14.6. The van der Waals surface area contributed by atoms with E-state index in [-0.39, 0.29) is 23.6 Å². The van der Waals surface area contributed by atoms with Crippen molar-refractivity contribution in [2.45, 2.75) is 24.6 Å². The van der Waals surface area contributed by atoms with Gasteiger partial charge in [-0.25, -0.2) is 23.1 Å². The van der Waals surface area contributed by atoms with Crippen molar-refractivity contribution in [3.05, 3.63) is 60.1 Å². The van der Waals surface area contributed by atoms with E-state index in [0.717, 1.165) is 28.0 Å². The molecule has 0 spiro atoms. The topological polar surface area (TPSA) is 88.8 Å². The molecule has 0 unspecified atom stereocenters. The predicted octanol–water partition coefficient (Wildman–Crippen LogP) is 3.18. The van der Waals surface area contributed by atoms with E-state index in [4.69, 9.17) is 0 Å². The van der Waals surface area contributed by atoms with E-state index in [0.29, 0.717) is 6.20 Å². The first-order chi connectivity index (χ1) is 15.6. The molecule has 1 atom stereocenters. The van der Waals surface area contributed by atoms with Gasteiger partial charge in [0.1, 0.15) is 17.7 Å². The zero-order valence-corrected chi connectivity index (χ0v) is 16.6. The van der Waals surface area contributed by atoms with Crippen LogP contribution in [-0.2, 0) is 6.18 Å². The van der Waals surface area contributed by atoms with Crippen molar-refractivity contribution in [1.82, 2.24) is 29.9 Å². The molecule has 0 bridgehead atoms. The van der Waals surface area contributed by atoms with Gasteiger partial charge in [0, 0.05) is 19.5 Å². The number of rotatable bonds is 5. The molecule has 1 saturated heterocycles. The quantitative estimate of drug-likeness (QED) is 0.576. The lowest BCUT2D eigenvalue weighted by atomic mass is 10.1. The maximum Gasteiger partial charge on any atom is 0.434 e. The Morgan fingerprint density at radius 3 is 2.52 bits per heavy atom. The van der Waals surface area contributed by atoms with Crippen LogP contribution in [0.3, 0.4) is 0 Å². The van der Waals surface area contributed by atoms with Crippen molar-refractivity contribution in [3.8, 4) is 5.69 Å². The Hall–Kier alpha value is -3.71. The van der Waals surface area contributed by atoms with E-state index >= 15 is 0 Å². The zero-order chi connectivity index (χ0) is 23.8. The summed E-state index contributed by atoms with van der Waals surface area (Å²) in [5.41, 5.74) is -1.35. The highest BCUT2D eigenvalue weighted by Gasteiger charge is 2.51. The smallest absolute Gasteiger partial charge is 0.366 e. The number of carbonyl (C=O) groups is 1. The summed E-state index contributed by atoms with van der Waals surface area (Å²) in [6.45, 7) is -0.844. The second-order valence-electron chi connectivity index (χ2n) is 7.17. The van der Waals surface area contributed by atoms with Crippen LogP contribution in [0.1, 0.15) is 22.5 Å². The van der Waals surface area contributed by atoms with Gasteiger partial charge >= 0.3 is 6.18 Å². The molecule has 1 fully saturated rings. The third-order valence-corrected chi connectivity index (χ3v) is 5.05. The lowest BCUT2D eigenvalue weighted by Gasteiger charge is -2.28. The summed E-state index contributed by atoms with van der Waals surface area (Å²) in [4.78, 5) is 21.8. The highest BCUT2D eigenvalue weighted by Crippen LogP contribution is 2.36. The van der Waals surface area contributed by atoms with Crippen LogP contribution in [0.2, 0.25) is 0 Å². The molecule has 1 aliphatic rings. The van der Waals surface area contributed by atoms with Crippen LogP contribution in [0.15, 0.2) is 43.0 Å². The Morgan fingerprint density at radius 2 is 1.88 bits per heavy atom. The number of alkyl halides is 5. The number of hydrogen-bond acceptors (Lipinski definition) is 6. The Morgan fingerprint density at radius 1 is 1.15 bits per heavy atom. The van der Waals surface area contributed by atoms with E-state index in [1.54, 1.807) is 0 Å². The number of hydrogen-bond donors (Lipinski definition) is 1. The second-order valence-corrected chi connectivity index (χ2v) is 7.17. The van der Waals surface area contributed by atoms with Gasteiger partial charge in [0.15, 0.2) is 5.69 Å². The largest absolute Gasteiger partial charge is 0.434 e. The van der Waals surface area contributed by atoms with Gasteiger partial charge in [0.05, 0.1) is 36.0 Å². The molecule has 4 rings (SSSR count). The van der Waals surface area contributed by atoms with E-state index < -0.39 is 48.5 Å². The Kier molecular flexibility index (Phi) is 5.68. The van der Waals surface area contributed by atoms with E-state index in [1.807, 2.05) is 0 Å². The summed E-state index contributed by atoms with van der Waals surface area (Å²) in [6, 6.07) is 1.57. The number of carbonyl (C=O) groups excluding carboxylic acids is 1. The fourth-order valence-corrected chi connectivity index (χ4v) is 3.44. The van der Waals surface area contributed by atoms with Crippen LogP contribution in [0, 0.1) is 5.82 Å². The molecule has 33 heavy (non-hydrogen) atoms. The Labute approximate surface area is 182 Å². The summed E-state index contributed by atoms with van der Waals surface area (Å²) >= 11 is 0. The molecule has 8 nitrogen and oxygen atoms in total. The van der Waals surface area contributed by atoms with Crippen LogP contribution in [0.4, 0.5) is 32.2 Å². The summed E-state index contributed by atoms with van der Waals surface area (Å²) < 4.78 is 80.9. The minimum Gasteiger partial charge on any atom is -0.366 e. The average molecular weight is 471 g/mol. The highest BCUT2D eigenvalue weighted by atomic mass is 19.4. The SMILES string of the molecule is O=C(c1cc(F)ccc1-n1nccn1)N1CCC(F)(F)[C@H]1CNc1cnc(C(F)(F)F)cn1. The molecule has 1 amide bonds. The first-order valence-corrected chi connectivity index (χ1v) is 9.54. The van der Waals surface area contributed by atoms with Gasteiger partial charge < -0.3 is 10.2 Å². The number of likely N-dealkylation sites (tertiary alicyclic amines) is 1. The highest BCUT2D eigenvalue weighted by molar-refractivity contribution is 5.98. The van der Waals surface area contributed by atoms with Gasteiger partial charge in [-0.1, -0.05) is 0 Å². The van der Waals surface area contributed by atoms with Gasteiger partial charge in [0.25, 0.3) is 11.8 Å². The summed E-state index contributed by atoms with van der Waals surface area (Å²) in [5, 5.41) is 10.3. The second kappa shape index (κ2) is 8.33. The molecule has 1 N–H and O–H groups in total. The van der Waals surface area contributed by atoms with Crippen LogP contribution >= 0.6 is 0 Å². The lowest BCUT2D eigenvalue weighted by Crippen LogP contribution is -2.47. The molecule has 174 valence electrons. The van der Waals surface area contributed by atoms with Gasteiger partial charge in [-0.3, -0.25) is 4.79 Å². The molecule has 3 heterocycles. The molecule has 0 aliphatic carbocycles. The molecular weight excluding hydrogens is 456 g/mol. The molecule has 0 radical (unpaired) electrons. The molecule has 2 aromatic heterocycles. The van der Waals surface area contributed by atoms with E-state index in [2.05, 4.69) is 25.5 Å². The molecule has 14 heteroatoms. The minimum absolute atomic E-state index is 0.0990. The van der Waals surface area contributed by atoms with Gasteiger partial charge in [-0.15, -0.1) is 0 Å². The minimum atomic E-state index is -4.70. The lowest BCUT2D eigenvalue weighted by molar-refractivity contribution is -0.141. The Bertz CT molecular complexity index is 1130. The molecule has 3 aromatic rings. The van der Waals surface area contributed by atoms with Crippen molar-refractivity contribution < 1.29 is 31.1 Å². The number of amides is 1. The van der Waals surface area contributed by atoms with E-state index in [1.165, 1.54) is 18.5 Å². The standard InChI is InChI=1S/C19H15F6N7O/c20-11-1-2-13(32-29-4-5-30-32)12(7-11)17(33)31-6-3-18(21,22)15(31)9-28-16-10-26-14(8-27-16)19(23,24)25/h1-2,4-5,7-8,10,15H,3,6,9H2,(H,27,28)/t15-/m1/s1. The van der Waals surface area contributed by atoms with Gasteiger partial charge in [0.2, 0.25) is 0 Å². The first-order valence-electron chi connectivity index (χ1n) is 9.54. The van der Waals surface area contributed by atoms with Crippen molar-refractivity contribution in [2.24, 2.45) is 0 Å². The monoisotopic (exact) mass is 471 g/mol. The van der Waals surface area contributed by atoms with Crippen molar-refractivity contribution in [1.29, 1.82) is 0 Å². The average Bonchev–Trinajstić information content (AvgIpc) is 3.39. The number of aromatic nitrogens is 5. The van der Waals surface area contributed by atoms with Crippen molar-refractivity contribution >= 4 is 11.7 Å². The third kappa shape index (κ3) is 4.59. The number of anilines is 1. The normalized spacial score (nSPS) is 17.9. The third-order valence-electron chi connectivity index (χ3n) is 5.05. The van der Waals surface area contributed by atoms with Crippen molar-refractivity contribution in [3.63, 3.8) is 0 Å². The number of nitrogens with zero attached hydrogens (tertiary/aromatic N) is 6. The molecule has 0 saturated carbocycles. The van der Waals surface area contributed by atoms with Gasteiger partial charge in [-0.05, 0) is 18.2 Å². The summed E-state index contributed by atoms with van der Waals surface area (Å²) in [7, 11) is 0. The molecular formula is C19H15F6N7O. The molecule has 1 aromatic carbocycles. The van der Waals surface area contributed by atoms with Crippen LogP contribution in [0.25, 0.3) is 5.69 Å². The first kappa shape index (κ1) is 22.5. The van der Waals surface area contributed by atoms with Crippen molar-refractivity contribution in [2.75, 3.05) is 18.4 Å².